The highest BCUT2D eigenvalue weighted by molar-refractivity contribution is 6.32. The molecule has 1 aromatic heterocycles. The first kappa shape index (κ1) is 19.4. The van der Waals surface area contributed by atoms with Gasteiger partial charge in [-0.2, -0.15) is 0 Å². The van der Waals surface area contributed by atoms with Crippen molar-refractivity contribution in [2.24, 2.45) is 5.92 Å². The number of halogens is 1. The molecule has 1 aromatic carbocycles. The van der Waals surface area contributed by atoms with Gasteiger partial charge in [0.15, 0.2) is 0 Å². The minimum absolute atomic E-state index is 0.0463. The Morgan fingerprint density at radius 1 is 1.30 bits per heavy atom. The molecule has 0 saturated carbocycles. The maximum absolute atomic E-state index is 13.0. The van der Waals surface area contributed by atoms with Crippen molar-refractivity contribution in [2.45, 2.75) is 45.6 Å². The first-order valence-electron chi connectivity index (χ1n) is 9.17. The quantitative estimate of drug-likeness (QED) is 0.846. The fraction of sp³-hybridized carbons (Fsp3) is 0.474. The van der Waals surface area contributed by atoms with Crippen LogP contribution in [0.25, 0.3) is 5.69 Å². The van der Waals surface area contributed by atoms with Gasteiger partial charge in [0.05, 0.1) is 16.6 Å². The highest BCUT2D eigenvalue weighted by Gasteiger charge is 2.34. The molecule has 0 spiro atoms. The lowest BCUT2D eigenvalue weighted by Gasteiger charge is -2.35. The lowest BCUT2D eigenvalue weighted by atomic mass is 9.93. The number of carbonyl (C=O) groups is 2. The summed E-state index contributed by atoms with van der Waals surface area (Å²) >= 11 is 6.30. The van der Waals surface area contributed by atoms with Gasteiger partial charge in [-0.1, -0.05) is 30.7 Å². The van der Waals surface area contributed by atoms with Crippen LogP contribution < -0.4 is 0 Å². The summed E-state index contributed by atoms with van der Waals surface area (Å²) in [6.45, 7) is 4.13. The number of piperidine rings is 1. The Balaban J connectivity index is 1.94. The molecule has 2 aromatic rings. The number of likely N-dealkylation sites (tertiary alicyclic amines) is 1. The van der Waals surface area contributed by atoms with Crippen LogP contribution in [0.15, 0.2) is 24.3 Å². The van der Waals surface area contributed by atoms with E-state index < -0.39 is 11.9 Å². The van der Waals surface area contributed by atoms with Crippen molar-refractivity contribution in [1.29, 1.82) is 0 Å². The van der Waals surface area contributed by atoms with E-state index in [1.807, 2.05) is 32.0 Å². The number of hydrogen-bond donors (Lipinski definition) is 1. The van der Waals surface area contributed by atoms with E-state index in [9.17, 15) is 14.7 Å². The minimum Gasteiger partial charge on any atom is -0.481 e. The molecule has 144 valence electrons. The van der Waals surface area contributed by atoms with Crippen LogP contribution in [-0.4, -0.2) is 49.2 Å². The fourth-order valence-electron chi connectivity index (χ4n) is 3.36. The SMILES string of the molecule is CCCc1nc(C(=O)N2CC(C(=O)O)CCC2C)nn1-c1ccccc1Cl. The van der Waals surface area contributed by atoms with Crippen molar-refractivity contribution in [3.05, 3.63) is 40.9 Å². The Kier molecular flexibility index (Phi) is 5.79. The van der Waals surface area contributed by atoms with Gasteiger partial charge in [0.1, 0.15) is 5.82 Å². The second-order valence-electron chi connectivity index (χ2n) is 6.88. The molecule has 2 atom stereocenters. The first-order valence-corrected chi connectivity index (χ1v) is 9.54. The first-order chi connectivity index (χ1) is 12.9. The number of aromatic nitrogens is 3. The molecule has 3 rings (SSSR count). The molecule has 1 fully saturated rings. The second kappa shape index (κ2) is 8.08. The fourth-order valence-corrected chi connectivity index (χ4v) is 3.57. The third-order valence-electron chi connectivity index (χ3n) is 4.91. The molecule has 27 heavy (non-hydrogen) atoms. The summed E-state index contributed by atoms with van der Waals surface area (Å²) in [5.41, 5.74) is 0.671. The molecular formula is C19H23ClN4O3. The van der Waals surface area contributed by atoms with Crippen LogP contribution in [0.5, 0.6) is 0 Å². The lowest BCUT2D eigenvalue weighted by Crippen LogP contribution is -2.47. The molecule has 8 heteroatoms. The van der Waals surface area contributed by atoms with Gasteiger partial charge in [-0.05, 0) is 38.3 Å². The molecule has 1 saturated heterocycles. The number of rotatable bonds is 5. The van der Waals surface area contributed by atoms with Crippen molar-refractivity contribution in [1.82, 2.24) is 19.7 Å². The lowest BCUT2D eigenvalue weighted by molar-refractivity contribution is -0.143. The van der Waals surface area contributed by atoms with Gasteiger partial charge >= 0.3 is 5.97 Å². The van der Waals surface area contributed by atoms with E-state index in [-0.39, 0.29) is 24.3 Å². The van der Waals surface area contributed by atoms with Gasteiger partial charge in [0, 0.05) is 19.0 Å². The van der Waals surface area contributed by atoms with Crippen LogP contribution in [0.4, 0.5) is 0 Å². The van der Waals surface area contributed by atoms with Crippen molar-refractivity contribution in [3.63, 3.8) is 0 Å². The van der Waals surface area contributed by atoms with E-state index >= 15 is 0 Å². The second-order valence-corrected chi connectivity index (χ2v) is 7.29. The summed E-state index contributed by atoms with van der Waals surface area (Å²) in [7, 11) is 0. The molecule has 2 unspecified atom stereocenters. The summed E-state index contributed by atoms with van der Waals surface area (Å²) in [6.07, 6.45) is 2.72. The predicted molar refractivity (Wildman–Crippen MR) is 101 cm³/mol. The van der Waals surface area contributed by atoms with Gasteiger partial charge < -0.3 is 10.0 Å². The van der Waals surface area contributed by atoms with Crippen LogP contribution in [0.3, 0.4) is 0 Å². The molecule has 1 amide bonds. The number of hydrogen-bond acceptors (Lipinski definition) is 4. The molecule has 7 nitrogen and oxygen atoms in total. The average Bonchev–Trinajstić information content (AvgIpc) is 3.06. The summed E-state index contributed by atoms with van der Waals surface area (Å²) < 4.78 is 1.61. The van der Waals surface area contributed by atoms with E-state index in [4.69, 9.17) is 11.6 Å². The number of carboxylic acid groups (broad SMARTS) is 1. The minimum atomic E-state index is -0.874. The molecule has 0 aliphatic carbocycles. The zero-order valence-corrected chi connectivity index (χ0v) is 16.2. The Morgan fingerprint density at radius 3 is 2.70 bits per heavy atom. The van der Waals surface area contributed by atoms with Crippen molar-refractivity contribution < 1.29 is 14.7 Å². The van der Waals surface area contributed by atoms with Crippen LogP contribution in [0.2, 0.25) is 5.02 Å². The summed E-state index contributed by atoms with van der Waals surface area (Å²) in [5.74, 6) is -1.02. The standard InChI is InChI=1S/C19H23ClN4O3/c1-3-6-16-21-17(22-24(16)15-8-5-4-7-14(15)20)18(25)23-11-13(19(26)27)10-9-12(23)2/h4-5,7-8,12-13H,3,6,9-11H2,1-2H3,(H,26,27). The van der Waals surface area contributed by atoms with E-state index in [0.29, 0.717) is 35.8 Å². The number of aryl methyl sites for hydroxylation is 1. The molecule has 0 bridgehead atoms. The number of carbonyl (C=O) groups excluding carboxylic acids is 1. The molecule has 1 aliphatic rings. The largest absolute Gasteiger partial charge is 0.481 e. The number of aliphatic carboxylic acids is 1. The van der Waals surface area contributed by atoms with Crippen LogP contribution in [0, 0.1) is 5.92 Å². The number of para-hydroxylation sites is 1. The Morgan fingerprint density at radius 2 is 2.04 bits per heavy atom. The van der Waals surface area contributed by atoms with Crippen molar-refractivity contribution in [3.8, 4) is 5.69 Å². The summed E-state index contributed by atoms with van der Waals surface area (Å²) in [5, 5.41) is 14.2. The topological polar surface area (TPSA) is 88.3 Å². The summed E-state index contributed by atoms with van der Waals surface area (Å²) in [4.78, 5) is 30.4. The zero-order chi connectivity index (χ0) is 19.6. The van der Waals surface area contributed by atoms with E-state index in [1.54, 1.807) is 15.6 Å². The van der Waals surface area contributed by atoms with Gasteiger partial charge in [-0.25, -0.2) is 9.67 Å². The Labute approximate surface area is 163 Å². The normalized spacial score (nSPS) is 19.9. The van der Waals surface area contributed by atoms with E-state index in [2.05, 4.69) is 10.1 Å². The molecule has 1 N–H and O–H groups in total. The van der Waals surface area contributed by atoms with Crippen LogP contribution >= 0.6 is 11.6 Å². The number of benzene rings is 1. The number of nitrogens with zero attached hydrogens (tertiary/aromatic N) is 4. The van der Waals surface area contributed by atoms with Crippen LogP contribution in [0.1, 0.15) is 49.6 Å². The van der Waals surface area contributed by atoms with Crippen LogP contribution in [-0.2, 0) is 11.2 Å². The van der Waals surface area contributed by atoms with Gasteiger partial charge in [0.25, 0.3) is 5.91 Å². The van der Waals surface area contributed by atoms with Gasteiger partial charge in [-0.15, -0.1) is 5.10 Å². The summed E-state index contributed by atoms with van der Waals surface area (Å²) in [6, 6.07) is 7.23. The maximum Gasteiger partial charge on any atom is 0.308 e. The molecule has 0 radical (unpaired) electrons. The monoisotopic (exact) mass is 390 g/mol. The average molecular weight is 391 g/mol. The maximum atomic E-state index is 13.0. The van der Waals surface area contributed by atoms with E-state index in [1.165, 1.54) is 0 Å². The third-order valence-corrected chi connectivity index (χ3v) is 5.23. The number of amides is 1. The highest BCUT2D eigenvalue weighted by Crippen LogP contribution is 2.25. The molecular weight excluding hydrogens is 368 g/mol. The smallest absolute Gasteiger partial charge is 0.308 e. The highest BCUT2D eigenvalue weighted by atomic mass is 35.5. The predicted octanol–water partition coefficient (Wildman–Crippen LogP) is 3.20. The van der Waals surface area contributed by atoms with Crippen molar-refractivity contribution >= 4 is 23.5 Å². The molecule has 1 aliphatic heterocycles. The zero-order valence-electron chi connectivity index (χ0n) is 15.4. The van der Waals surface area contributed by atoms with Gasteiger partial charge in [-0.3, -0.25) is 9.59 Å². The Hall–Kier alpha value is -2.41. The van der Waals surface area contributed by atoms with Crippen molar-refractivity contribution in [2.75, 3.05) is 6.54 Å². The Bertz CT molecular complexity index is 851. The van der Waals surface area contributed by atoms with E-state index in [0.717, 1.165) is 6.42 Å². The number of carboxylic acids is 1. The van der Waals surface area contributed by atoms with Gasteiger partial charge in [0.2, 0.25) is 5.82 Å². The molecule has 2 heterocycles. The third kappa shape index (κ3) is 3.98.